The summed E-state index contributed by atoms with van der Waals surface area (Å²) in [7, 11) is 1.38. The number of ketones is 1. The Hall–Kier alpha value is -2.43. The summed E-state index contributed by atoms with van der Waals surface area (Å²) in [4.78, 5) is 16.0. The van der Waals surface area contributed by atoms with Crippen molar-refractivity contribution in [1.82, 2.24) is 4.98 Å². The number of ether oxygens (including phenoxy) is 1. The predicted octanol–water partition coefficient (Wildman–Crippen LogP) is 2.24. The third kappa shape index (κ3) is 2.70. The summed E-state index contributed by atoms with van der Waals surface area (Å²) in [5.41, 5.74) is 6.37. The second-order valence-electron chi connectivity index (χ2n) is 3.97. The number of nitrogens with zero attached hydrogens (tertiary/aromatic N) is 1. The Morgan fingerprint density at radius 3 is 2.84 bits per heavy atom. The summed E-state index contributed by atoms with van der Waals surface area (Å²) >= 11 is 0. The Morgan fingerprint density at radius 1 is 1.37 bits per heavy atom. The number of halogens is 1. The Balaban J connectivity index is 2.27. The van der Waals surface area contributed by atoms with Gasteiger partial charge in [0.2, 0.25) is 0 Å². The van der Waals surface area contributed by atoms with Crippen molar-refractivity contribution in [1.29, 1.82) is 0 Å². The number of pyridine rings is 1. The SMILES string of the molecule is COc1cccc(CC(=O)c2ncccc2N)c1F. The third-order valence-electron chi connectivity index (χ3n) is 2.72. The minimum Gasteiger partial charge on any atom is -0.494 e. The first kappa shape index (κ1) is 13.0. The lowest BCUT2D eigenvalue weighted by Crippen LogP contribution is -2.10. The van der Waals surface area contributed by atoms with Crippen LogP contribution >= 0.6 is 0 Å². The number of nitrogen functional groups attached to an aromatic ring is 1. The molecule has 0 bridgehead atoms. The monoisotopic (exact) mass is 260 g/mol. The number of hydrogen-bond acceptors (Lipinski definition) is 4. The number of hydrogen-bond donors (Lipinski definition) is 1. The lowest BCUT2D eigenvalue weighted by atomic mass is 10.0. The van der Waals surface area contributed by atoms with E-state index < -0.39 is 5.82 Å². The number of nitrogens with two attached hydrogens (primary N) is 1. The van der Waals surface area contributed by atoms with E-state index >= 15 is 0 Å². The Kier molecular flexibility index (Phi) is 3.75. The molecule has 0 aliphatic rings. The van der Waals surface area contributed by atoms with Crippen LogP contribution in [0.2, 0.25) is 0 Å². The van der Waals surface area contributed by atoms with Gasteiger partial charge in [-0.3, -0.25) is 9.78 Å². The van der Waals surface area contributed by atoms with Crippen LogP contribution in [0.1, 0.15) is 16.1 Å². The minimum atomic E-state index is -0.534. The molecule has 0 fully saturated rings. The van der Waals surface area contributed by atoms with Crippen LogP contribution in [0.15, 0.2) is 36.5 Å². The van der Waals surface area contributed by atoms with Crippen LogP contribution in [0.25, 0.3) is 0 Å². The van der Waals surface area contributed by atoms with Gasteiger partial charge in [-0.15, -0.1) is 0 Å². The molecule has 0 aliphatic heterocycles. The number of rotatable bonds is 4. The van der Waals surface area contributed by atoms with E-state index in [0.717, 1.165) is 0 Å². The molecule has 0 amide bonds. The highest BCUT2D eigenvalue weighted by Crippen LogP contribution is 2.21. The highest BCUT2D eigenvalue weighted by atomic mass is 19.1. The molecule has 98 valence electrons. The van der Waals surface area contributed by atoms with Gasteiger partial charge < -0.3 is 10.5 Å². The standard InChI is InChI=1S/C14H13FN2O2/c1-19-12-6-2-4-9(13(12)15)8-11(18)14-10(16)5-3-7-17-14/h2-7H,8,16H2,1H3. The van der Waals surface area contributed by atoms with E-state index in [2.05, 4.69) is 4.98 Å². The normalized spacial score (nSPS) is 10.2. The van der Waals surface area contributed by atoms with Crippen LogP contribution in [0.5, 0.6) is 5.75 Å². The largest absolute Gasteiger partial charge is 0.494 e. The van der Waals surface area contributed by atoms with Crippen molar-refractivity contribution in [3.05, 3.63) is 53.6 Å². The van der Waals surface area contributed by atoms with Crippen molar-refractivity contribution in [2.45, 2.75) is 6.42 Å². The number of aromatic nitrogens is 1. The number of Topliss-reactive ketones (excluding diaryl/α,β-unsaturated/α-hetero) is 1. The second-order valence-corrected chi connectivity index (χ2v) is 3.97. The van der Waals surface area contributed by atoms with Crippen molar-refractivity contribution in [2.75, 3.05) is 12.8 Å². The van der Waals surface area contributed by atoms with Gasteiger partial charge in [0.05, 0.1) is 12.8 Å². The molecule has 19 heavy (non-hydrogen) atoms. The zero-order chi connectivity index (χ0) is 13.8. The topological polar surface area (TPSA) is 65.2 Å². The first-order valence-electron chi connectivity index (χ1n) is 5.68. The van der Waals surface area contributed by atoms with E-state index in [1.54, 1.807) is 18.2 Å². The van der Waals surface area contributed by atoms with Gasteiger partial charge in [-0.1, -0.05) is 12.1 Å². The van der Waals surface area contributed by atoms with E-state index in [1.165, 1.54) is 25.4 Å². The maximum Gasteiger partial charge on any atom is 0.187 e. The van der Waals surface area contributed by atoms with Crippen molar-refractivity contribution in [3.63, 3.8) is 0 Å². The molecule has 0 atom stereocenters. The summed E-state index contributed by atoms with van der Waals surface area (Å²) in [5, 5.41) is 0. The molecular formula is C14H13FN2O2. The number of carbonyl (C=O) groups is 1. The van der Waals surface area contributed by atoms with Gasteiger partial charge in [-0.05, 0) is 23.8 Å². The van der Waals surface area contributed by atoms with Crippen LogP contribution in [-0.4, -0.2) is 17.9 Å². The van der Waals surface area contributed by atoms with Gasteiger partial charge in [0.25, 0.3) is 0 Å². The zero-order valence-electron chi connectivity index (χ0n) is 10.4. The second kappa shape index (κ2) is 5.48. The lowest BCUT2D eigenvalue weighted by Gasteiger charge is -2.07. The molecule has 5 heteroatoms. The van der Waals surface area contributed by atoms with Crippen LogP contribution in [0, 0.1) is 5.82 Å². The molecule has 1 aromatic carbocycles. The molecule has 0 unspecified atom stereocenters. The van der Waals surface area contributed by atoms with E-state index in [4.69, 9.17) is 10.5 Å². The summed E-state index contributed by atoms with van der Waals surface area (Å²) < 4.78 is 18.8. The smallest absolute Gasteiger partial charge is 0.187 e. The van der Waals surface area contributed by atoms with Crippen LogP contribution < -0.4 is 10.5 Å². The quantitative estimate of drug-likeness (QED) is 0.856. The van der Waals surface area contributed by atoms with Gasteiger partial charge in [0, 0.05) is 12.6 Å². The Labute approximate surface area is 110 Å². The first-order chi connectivity index (χ1) is 9.13. The fourth-order valence-electron chi connectivity index (χ4n) is 1.76. The molecule has 2 N–H and O–H groups in total. The van der Waals surface area contributed by atoms with E-state index in [1.807, 2.05) is 0 Å². The van der Waals surface area contributed by atoms with Gasteiger partial charge in [-0.2, -0.15) is 0 Å². The zero-order valence-corrected chi connectivity index (χ0v) is 10.4. The summed E-state index contributed by atoms with van der Waals surface area (Å²) in [5.74, 6) is -0.752. The van der Waals surface area contributed by atoms with E-state index in [0.29, 0.717) is 0 Å². The van der Waals surface area contributed by atoms with Gasteiger partial charge in [-0.25, -0.2) is 4.39 Å². The van der Waals surface area contributed by atoms with Gasteiger partial charge >= 0.3 is 0 Å². The number of methoxy groups -OCH3 is 1. The molecular weight excluding hydrogens is 247 g/mol. The average Bonchev–Trinajstić information content (AvgIpc) is 2.41. The number of anilines is 1. The number of benzene rings is 1. The third-order valence-corrected chi connectivity index (χ3v) is 2.72. The van der Waals surface area contributed by atoms with Gasteiger partial charge in [0.15, 0.2) is 17.3 Å². The summed E-state index contributed by atoms with van der Waals surface area (Å²) in [6.07, 6.45) is 1.37. The van der Waals surface area contributed by atoms with Crippen LogP contribution in [0.3, 0.4) is 0 Å². The molecule has 4 nitrogen and oxygen atoms in total. The maximum absolute atomic E-state index is 13.9. The molecule has 0 radical (unpaired) electrons. The molecule has 1 aromatic heterocycles. The highest BCUT2D eigenvalue weighted by Gasteiger charge is 2.16. The fourth-order valence-corrected chi connectivity index (χ4v) is 1.76. The lowest BCUT2D eigenvalue weighted by molar-refractivity contribution is 0.0988. The predicted molar refractivity (Wildman–Crippen MR) is 69.6 cm³/mol. The Bertz CT molecular complexity index is 614. The first-order valence-corrected chi connectivity index (χ1v) is 5.68. The van der Waals surface area contributed by atoms with Crippen LogP contribution in [-0.2, 0) is 6.42 Å². The molecule has 0 spiro atoms. The molecule has 0 saturated carbocycles. The maximum atomic E-state index is 13.9. The molecule has 0 saturated heterocycles. The molecule has 2 rings (SSSR count). The van der Waals surface area contributed by atoms with Crippen molar-refractivity contribution < 1.29 is 13.9 Å². The van der Waals surface area contributed by atoms with Crippen LogP contribution in [0.4, 0.5) is 10.1 Å². The molecule has 0 aliphatic carbocycles. The van der Waals surface area contributed by atoms with Crippen molar-refractivity contribution in [2.24, 2.45) is 0 Å². The van der Waals surface area contributed by atoms with Crippen molar-refractivity contribution >= 4 is 11.5 Å². The molecule has 2 aromatic rings. The highest BCUT2D eigenvalue weighted by molar-refractivity contribution is 6.00. The number of carbonyl (C=O) groups excluding carboxylic acids is 1. The van der Waals surface area contributed by atoms with Gasteiger partial charge in [0.1, 0.15) is 5.69 Å². The summed E-state index contributed by atoms with van der Waals surface area (Å²) in [6, 6.07) is 7.89. The minimum absolute atomic E-state index is 0.107. The Morgan fingerprint density at radius 2 is 2.16 bits per heavy atom. The van der Waals surface area contributed by atoms with Crippen molar-refractivity contribution in [3.8, 4) is 5.75 Å². The summed E-state index contributed by atoms with van der Waals surface area (Å²) in [6.45, 7) is 0. The fraction of sp³-hybridized carbons (Fsp3) is 0.143. The average molecular weight is 260 g/mol. The van der Waals surface area contributed by atoms with E-state index in [-0.39, 0.29) is 34.9 Å². The van der Waals surface area contributed by atoms with E-state index in [9.17, 15) is 9.18 Å². The molecule has 1 heterocycles.